The van der Waals surface area contributed by atoms with Crippen molar-refractivity contribution in [1.82, 2.24) is 5.32 Å². The zero-order valence-corrected chi connectivity index (χ0v) is 15.2. The lowest BCUT2D eigenvalue weighted by Gasteiger charge is -2.15. The van der Waals surface area contributed by atoms with Gasteiger partial charge in [0.05, 0.1) is 6.04 Å². The van der Waals surface area contributed by atoms with Gasteiger partial charge < -0.3 is 5.32 Å². The second-order valence-corrected chi connectivity index (χ2v) is 7.21. The Bertz CT molecular complexity index is 664. The minimum atomic E-state index is 0.0474. The Morgan fingerprint density at radius 1 is 1.04 bits per heavy atom. The van der Waals surface area contributed by atoms with Gasteiger partial charge in [0.1, 0.15) is 0 Å². The van der Waals surface area contributed by atoms with Gasteiger partial charge in [-0.25, -0.2) is 0 Å². The molecule has 1 N–H and O–H groups in total. The van der Waals surface area contributed by atoms with E-state index in [0.717, 1.165) is 11.3 Å². The van der Waals surface area contributed by atoms with Crippen molar-refractivity contribution >= 4 is 17.7 Å². The predicted octanol–water partition coefficient (Wildman–Crippen LogP) is 4.97. The van der Waals surface area contributed by atoms with E-state index < -0.39 is 0 Å². The molecule has 0 bridgehead atoms. The topological polar surface area (TPSA) is 29.1 Å². The van der Waals surface area contributed by atoms with Crippen LogP contribution in [-0.4, -0.2) is 11.7 Å². The number of carbonyl (C=O) groups is 1. The van der Waals surface area contributed by atoms with Crippen LogP contribution < -0.4 is 5.32 Å². The number of benzene rings is 2. The molecule has 122 valence electrons. The van der Waals surface area contributed by atoms with Gasteiger partial charge in [-0.2, -0.15) is 0 Å². The first-order valence-electron chi connectivity index (χ1n) is 8.01. The van der Waals surface area contributed by atoms with E-state index in [0.29, 0.717) is 6.42 Å². The number of carbonyl (C=O) groups excluding carboxylic acids is 1. The van der Waals surface area contributed by atoms with Crippen LogP contribution in [0.1, 0.15) is 41.6 Å². The highest BCUT2D eigenvalue weighted by molar-refractivity contribution is 7.99. The van der Waals surface area contributed by atoms with Crippen molar-refractivity contribution in [3.05, 3.63) is 64.7 Å². The first kappa shape index (κ1) is 17.6. The number of thioether (sulfide) groups is 1. The highest BCUT2D eigenvalue weighted by Gasteiger charge is 2.10. The normalized spacial score (nSPS) is 12.0. The van der Waals surface area contributed by atoms with E-state index in [4.69, 9.17) is 0 Å². The molecule has 0 aliphatic carbocycles. The summed E-state index contributed by atoms with van der Waals surface area (Å²) in [7, 11) is 0. The summed E-state index contributed by atoms with van der Waals surface area (Å²) in [6.45, 7) is 8.32. The number of nitrogens with one attached hydrogen (secondary N) is 1. The Hall–Kier alpha value is -1.74. The maximum Gasteiger partial charge on any atom is 0.221 e. The van der Waals surface area contributed by atoms with Crippen LogP contribution in [0.15, 0.2) is 47.4 Å². The van der Waals surface area contributed by atoms with Crippen LogP contribution in [0.3, 0.4) is 0 Å². The van der Waals surface area contributed by atoms with E-state index in [1.807, 2.05) is 6.92 Å². The monoisotopic (exact) mass is 327 g/mol. The fraction of sp³-hybridized carbons (Fsp3) is 0.350. The Morgan fingerprint density at radius 3 is 2.39 bits per heavy atom. The third-order valence-electron chi connectivity index (χ3n) is 4.03. The summed E-state index contributed by atoms with van der Waals surface area (Å²) < 4.78 is 0. The van der Waals surface area contributed by atoms with Gasteiger partial charge in [-0.1, -0.05) is 35.9 Å². The van der Waals surface area contributed by atoms with E-state index in [2.05, 4.69) is 68.6 Å². The summed E-state index contributed by atoms with van der Waals surface area (Å²) in [6.07, 6.45) is 0.535. The molecule has 1 atom stereocenters. The molecule has 1 unspecified atom stereocenters. The van der Waals surface area contributed by atoms with E-state index >= 15 is 0 Å². The summed E-state index contributed by atoms with van der Waals surface area (Å²) in [5.41, 5.74) is 4.96. The molecule has 0 aliphatic rings. The van der Waals surface area contributed by atoms with Crippen LogP contribution in [-0.2, 0) is 4.79 Å². The second kappa shape index (κ2) is 8.21. The van der Waals surface area contributed by atoms with Gasteiger partial charge in [-0.15, -0.1) is 11.8 Å². The van der Waals surface area contributed by atoms with E-state index in [1.54, 1.807) is 11.8 Å². The van der Waals surface area contributed by atoms with Crippen molar-refractivity contribution in [3.8, 4) is 0 Å². The van der Waals surface area contributed by atoms with Gasteiger partial charge in [0.25, 0.3) is 0 Å². The molecule has 3 heteroatoms. The molecule has 0 saturated carbocycles. The number of rotatable bonds is 6. The molecule has 0 aromatic heterocycles. The molecule has 2 aromatic carbocycles. The van der Waals surface area contributed by atoms with Crippen LogP contribution in [0, 0.1) is 20.8 Å². The molecule has 1 amide bonds. The Balaban J connectivity index is 1.79. The smallest absolute Gasteiger partial charge is 0.221 e. The molecule has 0 aliphatic heterocycles. The van der Waals surface area contributed by atoms with Crippen LogP contribution >= 0.6 is 11.8 Å². The van der Waals surface area contributed by atoms with Crippen LogP contribution in [0.2, 0.25) is 0 Å². The maximum atomic E-state index is 12.1. The van der Waals surface area contributed by atoms with Gasteiger partial charge in [0.2, 0.25) is 5.91 Å². The molecule has 2 rings (SSSR count). The molecule has 2 nitrogen and oxygen atoms in total. The van der Waals surface area contributed by atoms with Crippen LogP contribution in [0.5, 0.6) is 0 Å². The zero-order chi connectivity index (χ0) is 16.8. The summed E-state index contributed by atoms with van der Waals surface area (Å²) in [6, 6.07) is 14.8. The number of amides is 1. The minimum Gasteiger partial charge on any atom is -0.350 e. The maximum absolute atomic E-state index is 12.1. The number of aryl methyl sites for hydroxylation is 3. The molecule has 0 radical (unpaired) electrons. The van der Waals surface area contributed by atoms with Crippen molar-refractivity contribution in [3.63, 3.8) is 0 Å². The van der Waals surface area contributed by atoms with E-state index in [9.17, 15) is 4.79 Å². The highest BCUT2D eigenvalue weighted by atomic mass is 32.2. The first-order valence-corrected chi connectivity index (χ1v) is 9.00. The van der Waals surface area contributed by atoms with Gasteiger partial charge in [0, 0.05) is 17.1 Å². The van der Waals surface area contributed by atoms with Crippen LogP contribution in [0.25, 0.3) is 0 Å². The Kier molecular flexibility index (Phi) is 6.28. The lowest BCUT2D eigenvalue weighted by atomic mass is 10.0. The summed E-state index contributed by atoms with van der Waals surface area (Å²) in [5, 5.41) is 3.09. The van der Waals surface area contributed by atoms with Crippen molar-refractivity contribution in [2.75, 3.05) is 5.75 Å². The van der Waals surface area contributed by atoms with Gasteiger partial charge in [0.15, 0.2) is 0 Å². The van der Waals surface area contributed by atoms with Crippen molar-refractivity contribution in [2.24, 2.45) is 0 Å². The number of hydrogen-bond acceptors (Lipinski definition) is 2. The average molecular weight is 327 g/mol. The Labute approximate surface area is 143 Å². The molecule has 0 saturated heterocycles. The third-order valence-corrected chi connectivity index (χ3v) is 5.04. The van der Waals surface area contributed by atoms with Gasteiger partial charge in [-0.3, -0.25) is 4.79 Å². The van der Waals surface area contributed by atoms with Crippen molar-refractivity contribution in [2.45, 2.75) is 45.1 Å². The summed E-state index contributed by atoms with van der Waals surface area (Å²) >= 11 is 1.72. The molecule has 0 heterocycles. The molecular formula is C20H25NOS. The minimum absolute atomic E-state index is 0.0474. The molecule has 2 aromatic rings. The first-order chi connectivity index (χ1) is 11.0. The molecule has 0 fully saturated rings. The quantitative estimate of drug-likeness (QED) is 0.759. The highest BCUT2D eigenvalue weighted by Crippen LogP contribution is 2.20. The fourth-order valence-corrected chi connectivity index (χ4v) is 3.18. The van der Waals surface area contributed by atoms with Crippen molar-refractivity contribution in [1.29, 1.82) is 0 Å². The molecular weight excluding hydrogens is 302 g/mol. The van der Waals surface area contributed by atoms with E-state index in [1.165, 1.54) is 21.6 Å². The third kappa shape index (κ3) is 5.43. The standard InChI is InChI=1S/C20H25NOS/c1-14-5-9-19(10-6-14)23-12-11-20(22)21-17(4)18-8-7-15(2)16(3)13-18/h5-10,13,17H,11-12H2,1-4H3,(H,21,22). The van der Waals surface area contributed by atoms with E-state index in [-0.39, 0.29) is 11.9 Å². The van der Waals surface area contributed by atoms with Crippen LogP contribution in [0.4, 0.5) is 0 Å². The van der Waals surface area contributed by atoms with Crippen molar-refractivity contribution < 1.29 is 4.79 Å². The fourth-order valence-electron chi connectivity index (χ4n) is 2.33. The number of hydrogen-bond donors (Lipinski definition) is 1. The zero-order valence-electron chi connectivity index (χ0n) is 14.3. The summed E-state index contributed by atoms with van der Waals surface area (Å²) in [4.78, 5) is 13.3. The lowest BCUT2D eigenvalue weighted by molar-refractivity contribution is -0.121. The lowest BCUT2D eigenvalue weighted by Crippen LogP contribution is -2.26. The second-order valence-electron chi connectivity index (χ2n) is 6.04. The average Bonchev–Trinajstić information content (AvgIpc) is 2.52. The predicted molar refractivity (Wildman–Crippen MR) is 99.0 cm³/mol. The summed E-state index contributed by atoms with van der Waals surface area (Å²) in [5.74, 6) is 0.907. The van der Waals surface area contributed by atoms with Gasteiger partial charge >= 0.3 is 0 Å². The molecule has 23 heavy (non-hydrogen) atoms. The SMILES string of the molecule is Cc1ccc(SCCC(=O)NC(C)c2ccc(C)c(C)c2)cc1. The molecule has 0 spiro atoms. The Morgan fingerprint density at radius 2 is 1.74 bits per heavy atom. The largest absolute Gasteiger partial charge is 0.350 e. The van der Waals surface area contributed by atoms with Gasteiger partial charge in [-0.05, 0) is 56.5 Å².